The number of primary amides is 1. The van der Waals surface area contributed by atoms with E-state index in [1.165, 1.54) is 18.1 Å². The molecule has 16 nitrogen and oxygen atoms in total. The second-order valence-electron chi connectivity index (χ2n) is 23.2. The van der Waals surface area contributed by atoms with Gasteiger partial charge < -0.3 is 36.8 Å². The van der Waals surface area contributed by atoms with E-state index in [-0.39, 0.29) is 103 Å². The van der Waals surface area contributed by atoms with Gasteiger partial charge in [-0.05, 0) is 150 Å². The Morgan fingerprint density at radius 1 is 0.747 bits per heavy atom. The maximum Gasteiger partial charge on any atom is 0.407 e. The van der Waals surface area contributed by atoms with Gasteiger partial charge in [0.25, 0.3) is 0 Å². The number of carbonyl (C=O) groups is 8. The van der Waals surface area contributed by atoms with Gasteiger partial charge in [-0.15, -0.1) is 0 Å². The number of anilines is 1. The first-order valence-corrected chi connectivity index (χ1v) is 26.9. The first kappa shape index (κ1) is 56.2. The van der Waals surface area contributed by atoms with E-state index in [9.17, 15) is 43.5 Å². The van der Waals surface area contributed by atoms with Gasteiger partial charge in [0.05, 0.1) is 23.4 Å². The van der Waals surface area contributed by atoms with Gasteiger partial charge in [-0.1, -0.05) is 90.8 Å². The standard InChI is InChI=1S/C59H78N6O10/c1-35(2)50(63-36(3)66)47(69)31-41(11-8-28-61-54(60)73)51(70)64-42-19-13-37(14-20-42)34-75-55(74)62-33-44(68)29-38-12-15-39-17-22-48-56(4,45(39)30-38)24-9-26-58(48,6)52(71)65-53(72)59(7)27-10-25-57(5)46-32-43(67)21-16-40(46)18-23-49(57)59/h12-16,19-21,30,32,35,41,48-50,67H,8-11,17-18,22-29,31,33-34H2,1-7H3,(H,62,74)(H,63,66)(H,64,70)(H3,60,61,73)(H,65,71,72)/t41-,48-,49-,50?,56-,57-,58+,59+/m1/s1. The number of amides is 7. The Kier molecular flexibility index (Phi) is 17.3. The molecule has 404 valence electrons. The average Bonchev–Trinajstić information content (AvgIpc) is 3.35. The number of carbonyl (C=O) groups excluding carboxylic acids is 8. The van der Waals surface area contributed by atoms with Crippen molar-refractivity contribution in [2.45, 2.75) is 162 Å². The van der Waals surface area contributed by atoms with Gasteiger partial charge in [-0.2, -0.15) is 0 Å². The molecule has 0 heterocycles. The number of aryl methyl sites for hydroxylation is 2. The van der Waals surface area contributed by atoms with Gasteiger partial charge in [-0.3, -0.25) is 34.1 Å². The molecular weight excluding hydrogens is 953 g/mol. The van der Waals surface area contributed by atoms with Gasteiger partial charge in [0.2, 0.25) is 23.6 Å². The maximum atomic E-state index is 14.7. The van der Waals surface area contributed by atoms with E-state index in [2.05, 4.69) is 52.6 Å². The first-order valence-electron chi connectivity index (χ1n) is 26.9. The zero-order chi connectivity index (χ0) is 54.5. The number of nitrogens with one attached hydrogen (secondary N) is 5. The van der Waals surface area contributed by atoms with Crippen LogP contribution in [0.15, 0.2) is 60.7 Å². The molecule has 0 saturated heterocycles. The number of ketones is 2. The summed E-state index contributed by atoms with van der Waals surface area (Å²) in [4.78, 5) is 105. The molecule has 3 aromatic rings. The fourth-order valence-electron chi connectivity index (χ4n) is 13.7. The van der Waals surface area contributed by atoms with Gasteiger partial charge in [0, 0.05) is 37.9 Å². The van der Waals surface area contributed by atoms with Crippen molar-refractivity contribution in [2.75, 3.05) is 18.4 Å². The van der Waals surface area contributed by atoms with Crippen LogP contribution in [0.4, 0.5) is 15.3 Å². The number of imide groups is 1. The normalized spacial score (nSPS) is 25.3. The molecular formula is C59H78N6O10. The van der Waals surface area contributed by atoms with Crippen LogP contribution in [-0.4, -0.2) is 71.6 Å². The Bertz CT molecular complexity index is 2690. The third-order valence-electron chi connectivity index (χ3n) is 17.7. The minimum Gasteiger partial charge on any atom is -0.508 e. The van der Waals surface area contributed by atoms with Crippen molar-refractivity contribution in [3.05, 3.63) is 94.0 Å². The van der Waals surface area contributed by atoms with Crippen LogP contribution in [0.1, 0.15) is 152 Å². The number of benzene rings is 3. The quantitative estimate of drug-likeness (QED) is 0.0451. The van der Waals surface area contributed by atoms with E-state index >= 15 is 0 Å². The van der Waals surface area contributed by atoms with Crippen molar-refractivity contribution in [1.29, 1.82) is 0 Å². The molecule has 0 radical (unpaired) electrons. The molecule has 1 unspecified atom stereocenters. The molecule has 0 aliphatic heterocycles. The summed E-state index contributed by atoms with van der Waals surface area (Å²) in [6.07, 6.45) is 7.92. The Hall–Kier alpha value is -6.58. The molecule has 2 fully saturated rings. The van der Waals surface area contributed by atoms with Crippen molar-refractivity contribution in [3.63, 3.8) is 0 Å². The predicted octanol–water partition coefficient (Wildman–Crippen LogP) is 7.92. The third-order valence-corrected chi connectivity index (χ3v) is 17.7. The number of aromatic hydroxyl groups is 1. The van der Waals surface area contributed by atoms with E-state index in [1.54, 1.807) is 30.3 Å². The first-order chi connectivity index (χ1) is 35.5. The van der Waals surface area contributed by atoms with Gasteiger partial charge in [0.1, 0.15) is 12.4 Å². The molecule has 0 spiro atoms. The lowest BCUT2D eigenvalue weighted by Crippen LogP contribution is -2.60. The molecule has 16 heteroatoms. The monoisotopic (exact) mass is 1030 g/mol. The van der Waals surface area contributed by atoms with Crippen molar-refractivity contribution < 1.29 is 48.2 Å². The molecule has 75 heavy (non-hydrogen) atoms. The molecule has 2 saturated carbocycles. The summed E-state index contributed by atoms with van der Waals surface area (Å²) in [5, 5.41) is 24.0. The lowest BCUT2D eigenvalue weighted by molar-refractivity contribution is -0.150. The van der Waals surface area contributed by atoms with E-state index in [0.29, 0.717) is 30.5 Å². The van der Waals surface area contributed by atoms with Crippen LogP contribution in [0, 0.1) is 34.5 Å². The second kappa shape index (κ2) is 23.1. The van der Waals surface area contributed by atoms with Crippen molar-refractivity contribution in [1.82, 2.24) is 21.3 Å². The minimum absolute atomic E-state index is 0.0230. The Morgan fingerprint density at radius 2 is 1.32 bits per heavy atom. The topological polar surface area (TPSA) is 252 Å². The van der Waals surface area contributed by atoms with Gasteiger partial charge >= 0.3 is 12.1 Å². The highest BCUT2D eigenvalue weighted by Crippen LogP contribution is 2.60. The van der Waals surface area contributed by atoms with Crippen LogP contribution >= 0.6 is 0 Å². The maximum absolute atomic E-state index is 14.7. The second-order valence-corrected chi connectivity index (χ2v) is 23.2. The summed E-state index contributed by atoms with van der Waals surface area (Å²) in [5.74, 6) is -2.38. The van der Waals surface area contributed by atoms with Crippen molar-refractivity contribution in [3.8, 4) is 5.75 Å². The fourth-order valence-corrected chi connectivity index (χ4v) is 13.7. The molecule has 4 aliphatic rings. The fraction of sp³-hybridized carbons (Fsp3) is 0.559. The smallest absolute Gasteiger partial charge is 0.407 e. The lowest BCUT2D eigenvalue weighted by atomic mass is 9.49. The van der Waals surface area contributed by atoms with Crippen LogP contribution in [0.5, 0.6) is 5.75 Å². The number of nitrogens with two attached hydrogens (primary N) is 1. The number of hydrogen-bond donors (Lipinski definition) is 7. The zero-order valence-corrected chi connectivity index (χ0v) is 44.9. The zero-order valence-electron chi connectivity index (χ0n) is 44.9. The summed E-state index contributed by atoms with van der Waals surface area (Å²) in [6.45, 7) is 13.4. The predicted molar refractivity (Wildman–Crippen MR) is 284 cm³/mol. The highest BCUT2D eigenvalue weighted by molar-refractivity contribution is 6.01. The number of Topliss-reactive ketones (excluding diaryl/α,β-unsaturated/α-hetero) is 2. The van der Waals surface area contributed by atoms with E-state index in [4.69, 9.17) is 10.5 Å². The van der Waals surface area contributed by atoms with Gasteiger partial charge in [-0.25, -0.2) is 9.59 Å². The van der Waals surface area contributed by atoms with E-state index in [1.807, 2.05) is 45.9 Å². The highest BCUT2D eigenvalue weighted by atomic mass is 16.5. The number of hydrogen-bond acceptors (Lipinski definition) is 10. The van der Waals surface area contributed by atoms with Crippen LogP contribution < -0.4 is 32.3 Å². The average molecular weight is 1030 g/mol. The number of urea groups is 1. The summed E-state index contributed by atoms with van der Waals surface area (Å²) in [5.41, 5.74) is 9.55. The molecule has 0 aromatic heterocycles. The van der Waals surface area contributed by atoms with Crippen molar-refractivity contribution >= 4 is 53.0 Å². The largest absolute Gasteiger partial charge is 0.508 e. The molecule has 0 bridgehead atoms. The Morgan fingerprint density at radius 3 is 1.89 bits per heavy atom. The SMILES string of the molecule is CC(=O)NC(C(=O)C[C@@H](CCCNC(N)=O)C(=O)Nc1ccc(COC(=O)NCC(=O)Cc2ccc3c(c2)[C@@]2(C)CCC[C@](C)(C(=O)NC(=O)[C@@]4(C)CCC[C@]5(C)c6cc(O)ccc6CC[C@@H]45)[C@@H]2CC3)cc1)C(C)C. The molecule has 3 aromatic carbocycles. The summed E-state index contributed by atoms with van der Waals surface area (Å²) in [7, 11) is 0. The summed E-state index contributed by atoms with van der Waals surface area (Å²) < 4.78 is 5.41. The van der Waals surface area contributed by atoms with Crippen LogP contribution in [-0.2, 0) is 70.2 Å². The van der Waals surface area contributed by atoms with Crippen LogP contribution in [0.2, 0.25) is 0 Å². The minimum atomic E-state index is -0.790. The molecule has 7 rings (SSSR count). The number of alkyl carbamates (subject to hydrolysis) is 1. The summed E-state index contributed by atoms with van der Waals surface area (Å²) in [6, 6.07) is 16.9. The van der Waals surface area contributed by atoms with E-state index in [0.717, 1.165) is 68.1 Å². The number of fused-ring (bicyclic) bond motifs is 6. The lowest BCUT2D eigenvalue weighted by Gasteiger charge is -2.56. The molecule has 4 aliphatic carbocycles. The highest BCUT2D eigenvalue weighted by Gasteiger charge is 2.58. The van der Waals surface area contributed by atoms with E-state index < -0.39 is 40.8 Å². The van der Waals surface area contributed by atoms with Gasteiger partial charge in [0.15, 0.2) is 11.6 Å². The Labute approximate surface area is 441 Å². The number of rotatable bonds is 19. The third kappa shape index (κ3) is 12.4. The molecule has 8 N–H and O–H groups in total. The summed E-state index contributed by atoms with van der Waals surface area (Å²) >= 11 is 0. The number of phenolic OH excluding ortho intramolecular Hbond substituents is 1. The van der Waals surface area contributed by atoms with Crippen molar-refractivity contribution in [2.24, 2.45) is 40.2 Å². The number of phenols is 1. The van der Waals surface area contributed by atoms with Crippen LogP contribution in [0.25, 0.3) is 0 Å². The molecule has 8 atom stereocenters. The number of ether oxygens (including phenoxy) is 1. The van der Waals surface area contributed by atoms with Crippen LogP contribution in [0.3, 0.4) is 0 Å². The Balaban J connectivity index is 0.910. The molecule has 7 amide bonds.